The van der Waals surface area contributed by atoms with Gasteiger partial charge < -0.3 is 10.5 Å². The molecule has 14 heavy (non-hydrogen) atoms. The topological polar surface area (TPSA) is 52.3 Å². The van der Waals surface area contributed by atoms with E-state index in [4.69, 9.17) is 22.1 Å². The van der Waals surface area contributed by atoms with Crippen molar-refractivity contribution < 1.29 is 13.9 Å². The second-order valence-corrected chi connectivity index (χ2v) is 3.10. The van der Waals surface area contributed by atoms with E-state index in [1.54, 1.807) is 0 Å². The maximum atomic E-state index is 13.1. The van der Waals surface area contributed by atoms with Crippen LogP contribution in [0.25, 0.3) is 0 Å². The summed E-state index contributed by atoms with van der Waals surface area (Å²) in [5.74, 6) is -1.18. The van der Waals surface area contributed by atoms with E-state index >= 15 is 0 Å². The molecule has 1 aromatic carbocycles. The predicted octanol–water partition coefficient (Wildman–Crippen LogP) is 1.60. The van der Waals surface area contributed by atoms with Crippen LogP contribution < -0.4 is 10.5 Å². The van der Waals surface area contributed by atoms with Crippen LogP contribution in [0.1, 0.15) is 10.9 Å². The Labute approximate surface area is 85.6 Å². The molecule has 0 aliphatic heterocycles. The zero-order valence-electron chi connectivity index (χ0n) is 7.46. The maximum Gasteiger partial charge on any atom is 0.240 e. The summed E-state index contributed by atoms with van der Waals surface area (Å²) in [4.78, 5) is 10.7. The Morgan fingerprint density at radius 1 is 1.64 bits per heavy atom. The SMILES string of the molecule is COc1ccc(C(Cl)C(N)=O)cc1F. The first-order chi connectivity index (χ1) is 6.56. The number of benzene rings is 1. The number of nitrogens with two attached hydrogens (primary N) is 1. The lowest BCUT2D eigenvalue weighted by Gasteiger charge is -2.07. The summed E-state index contributed by atoms with van der Waals surface area (Å²) in [6.07, 6.45) is 0. The van der Waals surface area contributed by atoms with Crippen molar-refractivity contribution in [2.24, 2.45) is 5.73 Å². The van der Waals surface area contributed by atoms with Crippen molar-refractivity contribution in [1.29, 1.82) is 0 Å². The summed E-state index contributed by atoms with van der Waals surface area (Å²) in [6, 6.07) is 4.01. The number of halogens is 2. The molecule has 0 aromatic heterocycles. The molecule has 5 heteroatoms. The number of rotatable bonds is 3. The van der Waals surface area contributed by atoms with Crippen LogP contribution in [0.3, 0.4) is 0 Å². The van der Waals surface area contributed by atoms with E-state index in [9.17, 15) is 9.18 Å². The molecule has 0 radical (unpaired) electrons. The van der Waals surface area contributed by atoms with Gasteiger partial charge in [0, 0.05) is 0 Å². The van der Waals surface area contributed by atoms with Crippen molar-refractivity contribution in [3.05, 3.63) is 29.6 Å². The van der Waals surface area contributed by atoms with Crippen LogP contribution in [-0.4, -0.2) is 13.0 Å². The van der Waals surface area contributed by atoms with Gasteiger partial charge in [-0.3, -0.25) is 4.79 Å². The molecule has 1 aromatic rings. The quantitative estimate of drug-likeness (QED) is 0.782. The maximum absolute atomic E-state index is 13.1. The molecule has 0 aliphatic carbocycles. The first kappa shape index (κ1) is 10.8. The number of hydrogen-bond donors (Lipinski definition) is 1. The average molecular weight is 218 g/mol. The molecule has 0 saturated carbocycles. The molecule has 1 rings (SSSR count). The Kier molecular flexibility index (Phi) is 3.30. The molecular weight excluding hydrogens is 209 g/mol. The number of primary amides is 1. The molecule has 0 heterocycles. The van der Waals surface area contributed by atoms with Crippen molar-refractivity contribution in [2.75, 3.05) is 7.11 Å². The van der Waals surface area contributed by atoms with Gasteiger partial charge in [0.15, 0.2) is 11.6 Å². The Balaban J connectivity index is 3.02. The van der Waals surface area contributed by atoms with Gasteiger partial charge in [0.05, 0.1) is 7.11 Å². The summed E-state index contributed by atoms with van der Waals surface area (Å²) < 4.78 is 17.8. The first-order valence-electron chi connectivity index (χ1n) is 3.83. The molecule has 0 aliphatic rings. The van der Waals surface area contributed by atoms with Gasteiger partial charge in [-0.1, -0.05) is 6.07 Å². The van der Waals surface area contributed by atoms with Crippen molar-refractivity contribution in [3.63, 3.8) is 0 Å². The fraction of sp³-hybridized carbons (Fsp3) is 0.222. The van der Waals surface area contributed by atoms with E-state index in [-0.39, 0.29) is 5.75 Å². The zero-order chi connectivity index (χ0) is 10.7. The van der Waals surface area contributed by atoms with Crippen molar-refractivity contribution in [3.8, 4) is 5.75 Å². The Morgan fingerprint density at radius 3 is 2.71 bits per heavy atom. The third kappa shape index (κ3) is 2.14. The standard InChI is InChI=1S/C9H9ClFNO2/c1-14-7-3-2-5(4-6(7)11)8(10)9(12)13/h2-4,8H,1H3,(H2,12,13). The van der Waals surface area contributed by atoms with Gasteiger partial charge in [-0.25, -0.2) is 4.39 Å². The van der Waals surface area contributed by atoms with Gasteiger partial charge in [0.25, 0.3) is 0 Å². The number of ether oxygens (including phenoxy) is 1. The molecule has 76 valence electrons. The molecule has 3 nitrogen and oxygen atoms in total. The molecule has 0 saturated heterocycles. The third-order valence-corrected chi connectivity index (χ3v) is 2.19. The molecule has 0 spiro atoms. The Hall–Kier alpha value is -1.29. The summed E-state index contributed by atoms with van der Waals surface area (Å²) >= 11 is 5.63. The predicted molar refractivity (Wildman–Crippen MR) is 50.7 cm³/mol. The van der Waals surface area contributed by atoms with E-state index in [1.165, 1.54) is 19.2 Å². The van der Waals surface area contributed by atoms with E-state index in [1.807, 2.05) is 0 Å². The number of carbonyl (C=O) groups is 1. The second kappa shape index (κ2) is 4.28. The lowest BCUT2D eigenvalue weighted by atomic mass is 10.1. The highest BCUT2D eigenvalue weighted by atomic mass is 35.5. The minimum Gasteiger partial charge on any atom is -0.494 e. The Morgan fingerprint density at radius 2 is 2.29 bits per heavy atom. The van der Waals surface area contributed by atoms with Crippen LogP contribution in [0.15, 0.2) is 18.2 Å². The molecule has 1 atom stereocenters. The van der Waals surface area contributed by atoms with Crippen molar-refractivity contribution in [1.82, 2.24) is 0 Å². The van der Waals surface area contributed by atoms with Gasteiger partial charge in [0.2, 0.25) is 5.91 Å². The van der Waals surface area contributed by atoms with E-state index in [0.29, 0.717) is 5.56 Å². The van der Waals surface area contributed by atoms with Crippen LogP contribution in [0.5, 0.6) is 5.75 Å². The largest absolute Gasteiger partial charge is 0.494 e. The summed E-state index contributed by atoms with van der Waals surface area (Å²) in [5, 5.41) is -1.02. The van der Waals surface area contributed by atoms with Crippen LogP contribution in [-0.2, 0) is 4.79 Å². The van der Waals surface area contributed by atoms with Gasteiger partial charge in [-0.05, 0) is 17.7 Å². The van der Waals surface area contributed by atoms with Gasteiger partial charge in [0.1, 0.15) is 5.38 Å². The summed E-state index contributed by atoms with van der Waals surface area (Å²) in [5.41, 5.74) is 5.28. The van der Waals surface area contributed by atoms with E-state index < -0.39 is 17.1 Å². The smallest absolute Gasteiger partial charge is 0.240 e. The van der Waals surface area contributed by atoms with Crippen LogP contribution in [0.4, 0.5) is 4.39 Å². The lowest BCUT2D eigenvalue weighted by molar-refractivity contribution is -0.117. The molecule has 1 amide bonds. The average Bonchev–Trinajstić information content (AvgIpc) is 2.16. The van der Waals surface area contributed by atoms with Gasteiger partial charge in [-0.2, -0.15) is 0 Å². The minimum atomic E-state index is -1.02. The molecule has 2 N–H and O–H groups in total. The normalized spacial score (nSPS) is 12.2. The number of carbonyl (C=O) groups excluding carboxylic acids is 1. The number of hydrogen-bond acceptors (Lipinski definition) is 2. The lowest BCUT2D eigenvalue weighted by Crippen LogP contribution is -2.17. The monoisotopic (exact) mass is 217 g/mol. The fourth-order valence-corrected chi connectivity index (χ4v) is 1.14. The molecule has 1 unspecified atom stereocenters. The molecule has 0 bridgehead atoms. The second-order valence-electron chi connectivity index (χ2n) is 2.66. The number of alkyl halides is 1. The van der Waals surface area contributed by atoms with Crippen LogP contribution in [0, 0.1) is 5.82 Å². The summed E-state index contributed by atoms with van der Waals surface area (Å²) in [7, 11) is 1.35. The highest BCUT2D eigenvalue weighted by Crippen LogP contribution is 2.25. The summed E-state index contributed by atoms with van der Waals surface area (Å²) in [6.45, 7) is 0. The minimum absolute atomic E-state index is 0.0992. The highest BCUT2D eigenvalue weighted by molar-refractivity contribution is 6.30. The van der Waals surface area contributed by atoms with Gasteiger partial charge >= 0.3 is 0 Å². The third-order valence-electron chi connectivity index (χ3n) is 1.72. The molecule has 0 fully saturated rings. The molecular formula is C9H9ClFNO2. The highest BCUT2D eigenvalue weighted by Gasteiger charge is 2.15. The fourth-order valence-electron chi connectivity index (χ4n) is 1.00. The van der Waals surface area contributed by atoms with Gasteiger partial charge in [-0.15, -0.1) is 11.6 Å². The van der Waals surface area contributed by atoms with Crippen molar-refractivity contribution >= 4 is 17.5 Å². The van der Waals surface area contributed by atoms with Crippen LogP contribution in [0.2, 0.25) is 0 Å². The zero-order valence-corrected chi connectivity index (χ0v) is 8.22. The Bertz CT molecular complexity index is 357. The first-order valence-corrected chi connectivity index (χ1v) is 4.26. The number of amides is 1. The van der Waals surface area contributed by atoms with E-state index in [2.05, 4.69) is 0 Å². The van der Waals surface area contributed by atoms with Crippen molar-refractivity contribution in [2.45, 2.75) is 5.38 Å². The van der Waals surface area contributed by atoms with E-state index in [0.717, 1.165) is 6.07 Å². The number of methoxy groups -OCH3 is 1. The van der Waals surface area contributed by atoms with Crippen LogP contribution >= 0.6 is 11.6 Å².